The molecule has 36 nitrogen and oxygen atoms in total. The molecule has 0 saturated carbocycles. The molecule has 22 N–H and O–H groups in total. The molecule has 11 bridgehead atoms. The first kappa shape index (κ1) is 82.4. The number of nitrogens with one attached hydrogen (secondary N) is 6. The lowest BCUT2D eigenvalue weighted by molar-refractivity contribution is -0.333. The van der Waals surface area contributed by atoms with Crippen molar-refractivity contribution in [3.05, 3.63) is 118 Å². The summed E-state index contributed by atoms with van der Waals surface area (Å²) in [6.07, 6.45) is -22.4. The minimum Gasteiger partial charge on any atom is -0.508 e. The maximum Gasteiger partial charge on any atom is 0.330 e. The van der Waals surface area contributed by atoms with Crippen molar-refractivity contribution in [3.8, 4) is 57.1 Å². The molecule has 5 aromatic rings. The number of primary amides is 1. The van der Waals surface area contributed by atoms with E-state index in [0.717, 1.165) is 42.5 Å². The van der Waals surface area contributed by atoms with Crippen molar-refractivity contribution >= 4 is 58.9 Å². The molecule has 37 heteroatoms. The lowest BCUT2D eigenvalue weighted by Gasteiger charge is -2.47. The number of phenolic OH excluding ortho intramolecular Hbond substituents is 3. The second-order valence-electron chi connectivity index (χ2n) is 29.8. The van der Waals surface area contributed by atoms with E-state index >= 15 is 24.0 Å². The van der Waals surface area contributed by atoms with Crippen LogP contribution in [0.2, 0.25) is 5.02 Å². The lowest BCUT2D eigenvalue weighted by atomic mass is 9.86. The summed E-state index contributed by atoms with van der Waals surface area (Å²) >= 11 is 7.35. The zero-order valence-electron chi connectivity index (χ0n) is 61.3. The van der Waals surface area contributed by atoms with Crippen LogP contribution in [0.25, 0.3) is 11.1 Å². The van der Waals surface area contributed by atoms with Crippen LogP contribution in [-0.4, -0.2) is 227 Å². The third kappa shape index (κ3) is 17.7. The molecule has 8 aliphatic rings. The van der Waals surface area contributed by atoms with Crippen LogP contribution < -0.4 is 63.3 Å². The van der Waals surface area contributed by atoms with Crippen molar-refractivity contribution < 1.29 is 127 Å². The predicted octanol–water partition coefficient (Wildman–Crippen LogP) is 0.0325. The van der Waals surface area contributed by atoms with Gasteiger partial charge >= 0.3 is 5.97 Å². The Hall–Kier alpha value is -9.61. The lowest BCUT2D eigenvalue weighted by Crippen LogP contribution is -2.64. The number of ether oxygens (including phenoxy) is 8. The Morgan fingerprint density at radius 3 is 1.86 bits per heavy atom. The summed E-state index contributed by atoms with van der Waals surface area (Å²) in [6, 6.07) is 1.60. The van der Waals surface area contributed by atoms with E-state index in [1.807, 2.05) is 13.8 Å². The molecule has 13 rings (SSSR count). The number of nitrogens with zero attached hydrogens (tertiary/aromatic N) is 1. The highest BCUT2D eigenvalue weighted by atomic mass is 35.5. The molecular formula is C74H91ClN10O26. The van der Waals surface area contributed by atoms with E-state index in [4.69, 9.17) is 66.7 Å². The van der Waals surface area contributed by atoms with Crippen LogP contribution in [0.5, 0.6) is 46.0 Å². The molecule has 0 aromatic heterocycles. The Labute approximate surface area is 639 Å². The van der Waals surface area contributed by atoms with E-state index in [9.17, 15) is 65.4 Å². The molecule has 8 aliphatic heterocycles. The van der Waals surface area contributed by atoms with Crippen LogP contribution in [0.3, 0.4) is 0 Å². The number of halogens is 1. The van der Waals surface area contributed by atoms with Gasteiger partial charge in [0, 0.05) is 46.7 Å². The van der Waals surface area contributed by atoms with Gasteiger partial charge in [-0.2, -0.15) is 0 Å². The molecule has 111 heavy (non-hydrogen) atoms. The van der Waals surface area contributed by atoms with Crippen LogP contribution in [0.4, 0.5) is 0 Å². The molecule has 0 spiro atoms. The number of aliphatic hydroxyl groups is 6. The number of fused-ring (bicyclic) bond motifs is 15. The largest absolute Gasteiger partial charge is 0.508 e. The van der Waals surface area contributed by atoms with Gasteiger partial charge < -0.3 is 138 Å². The topological polar surface area (TPSA) is 566 Å². The van der Waals surface area contributed by atoms with E-state index in [1.165, 1.54) is 70.2 Å². The SMILES string of the molecule is CC(C)C[C@@H](C(=O)N[C@H]1C(=O)N[C@H](CC(N)=O)C(=O)N[C@H]2C(=O)N[C@H]3C(=O)N[C@@H](C(=O)N[C@@H](C(=O)O)c4cc(O)cc(O)c4-c4cc3ccc4O)[C@@H](O[C@H]3C[C@](C)(N)[C@H](O)[C@@H](C)O3)c3ccc(c(Cl)c3)Oc3cc2cc(c3O[C@H]2O[C@@H](CO)[C@@H](O)[C@H](O)[C@@H]2O[C@H]2C[C@](C)(N)[C@H](O)[C@@H](C)O2)Oc2ccc(cc2)[C@@H]1O)N(C)C. The average Bonchev–Trinajstić information content (AvgIpc) is 0.773. The van der Waals surface area contributed by atoms with Gasteiger partial charge in [-0.1, -0.05) is 49.7 Å². The van der Waals surface area contributed by atoms with Gasteiger partial charge in [-0.3, -0.25) is 38.5 Å². The average molecular weight is 1570 g/mol. The summed E-state index contributed by atoms with van der Waals surface area (Å²) < 4.78 is 51.7. The van der Waals surface area contributed by atoms with Gasteiger partial charge in [0.2, 0.25) is 53.4 Å². The molecule has 5 aromatic carbocycles. The fourth-order valence-corrected chi connectivity index (χ4v) is 14.6. The van der Waals surface area contributed by atoms with Crippen molar-refractivity contribution in [3.63, 3.8) is 0 Å². The minimum absolute atomic E-state index is 0.0508. The number of hydrogen-bond acceptors (Lipinski definition) is 28. The number of likely N-dealkylation sites (N-methyl/N-ethyl adjacent to an activating group) is 1. The summed E-state index contributed by atoms with van der Waals surface area (Å²) in [4.78, 5) is 122. The van der Waals surface area contributed by atoms with Gasteiger partial charge in [0.05, 0.1) is 48.5 Å². The first-order chi connectivity index (χ1) is 52.2. The molecule has 3 saturated heterocycles. The molecule has 22 atom stereocenters. The smallest absolute Gasteiger partial charge is 0.330 e. The van der Waals surface area contributed by atoms with Gasteiger partial charge in [-0.15, -0.1) is 0 Å². The quantitative estimate of drug-likeness (QED) is 0.0657. The van der Waals surface area contributed by atoms with Crippen molar-refractivity contribution in [2.75, 3.05) is 20.7 Å². The van der Waals surface area contributed by atoms with Gasteiger partial charge in [0.25, 0.3) is 0 Å². The highest BCUT2D eigenvalue weighted by Gasteiger charge is 2.52. The molecule has 600 valence electrons. The Morgan fingerprint density at radius 1 is 0.676 bits per heavy atom. The van der Waals surface area contributed by atoms with Crippen molar-refractivity contribution in [1.29, 1.82) is 0 Å². The Morgan fingerprint density at radius 2 is 1.27 bits per heavy atom. The minimum atomic E-state index is -2.34. The highest BCUT2D eigenvalue weighted by molar-refractivity contribution is 6.32. The van der Waals surface area contributed by atoms with E-state index in [2.05, 4.69) is 31.9 Å². The number of nitrogens with two attached hydrogens (primary N) is 3. The maximum atomic E-state index is 16.4. The highest BCUT2D eigenvalue weighted by Crippen LogP contribution is 2.50. The molecule has 3 fully saturated rings. The zero-order valence-corrected chi connectivity index (χ0v) is 62.1. The van der Waals surface area contributed by atoms with Crippen LogP contribution in [0, 0.1) is 5.92 Å². The Bertz CT molecular complexity index is 4380. The molecular weight excluding hydrogens is 1480 g/mol. The third-order valence-electron chi connectivity index (χ3n) is 20.3. The number of aliphatic hydroxyl groups excluding tert-OH is 6. The van der Waals surface area contributed by atoms with E-state index in [1.54, 1.807) is 19.0 Å². The normalized spacial score (nSPS) is 32.1. The number of benzene rings is 5. The number of aliphatic carboxylic acids is 1. The van der Waals surface area contributed by atoms with Crippen molar-refractivity contribution in [1.82, 2.24) is 36.8 Å². The maximum absolute atomic E-state index is 16.4. The summed E-state index contributed by atoms with van der Waals surface area (Å²) in [7, 11) is 3.22. The zero-order chi connectivity index (χ0) is 80.9. The Balaban J connectivity index is 1.18. The fraction of sp³-hybridized carbons (Fsp3) is 0.486. The third-order valence-corrected chi connectivity index (χ3v) is 20.6. The van der Waals surface area contributed by atoms with Crippen LogP contribution in [0.15, 0.2) is 84.9 Å². The number of aromatic hydroxyl groups is 3. The molecule has 7 amide bonds. The Kier molecular flexibility index (Phi) is 24.5. The summed E-state index contributed by atoms with van der Waals surface area (Å²) in [5, 5.41) is 129. The number of rotatable bonds is 15. The van der Waals surface area contributed by atoms with Crippen molar-refractivity contribution in [2.45, 2.75) is 201 Å². The summed E-state index contributed by atoms with van der Waals surface area (Å²) in [5.74, 6) is -15.4. The molecule has 0 aliphatic carbocycles. The van der Waals surface area contributed by atoms with Gasteiger partial charge in [0.15, 0.2) is 36.2 Å². The van der Waals surface area contributed by atoms with Crippen LogP contribution in [0.1, 0.15) is 125 Å². The second-order valence-corrected chi connectivity index (χ2v) is 30.2. The monoisotopic (exact) mass is 1570 g/mol. The number of carboxylic acid groups (broad SMARTS) is 1. The number of phenols is 3. The number of hydrogen-bond donors (Lipinski definition) is 19. The number of carboxylic acids is 1. The second kappa shape index (κ2) is 33.0. The number of carbonyl (C=O) groups excluding carboxylic acids is 7. The van der Waals surface area contributed by atoms with Crippen LogP contribution >= 0.6 is 11.6 Å². The summed E-state index contributed by atoms with van der Waals surface area (Å²) in [5.41, 5.74) is 13.6. The van der Waals surface area contributed by atoms with E-state index in [-0.39, 0.29) is 53.4 Å². The molecule has 8 heterocycles. The predicted molar refractivity (Wildman–Crippen MR) is 385 cm³/mol. The van der Waals surface area contributed by atoms with Crippen LogP contribution in [-0.2, 0) is 62.0 Å². The fourth-order valence-electron chi connectivity index (χ4n) is 14.4. The first-order valence-corrected chi connectivity index (χ1v) is 36.0. The van der Waals surface area contributed by atoms with E-state index in [0.29, 0.717) is 0 Å². The summed E-state index contributed by atoms with van der Waals surface area (Å²) in [6.45, 7) is 8.69. The number of amides is 7. The standard InChI is InChI=1S/C74H91ClN10O26/c1-28(2)17-41(85(7)8)66(97)83-55-57(91)31-9-13-36(14-10-31)106-45-20-34-21-46(61(45)111-72-62(59(93)58(92)47(27-86)108-72)110-50-26-74(6,78)64(95)30(4)105-50)107-44-16-12-33(19-39(44)75)60(109-49-25-73(5,77)63(94)29(3)104-49)56-70(101)82-54(71(102)103)38-22-35(87)23-43(89)51(38)37-18-32(11-15-42(37)88)52(67(98)84-56)81-68(99)53(34)80-65(96)40(24-48(76)90)79-69(55)100/h9-16,18-23,28-30,40-41,47,49-50,52-60,62-64,72,86-89,91-95H,17,24-27,77-78H2,1-8H3,(H2,76,90)(H,79,100)(H,80,96)(H,81,99)(H,82,101)(H,83,97)(H,84,98)(H,102,103)/t29-,30-,40-,41+,47+,49+,50+,52-,53-,54-,55-,56-,57+,58-,59+,60+,62+,63-,64-,72-,73+,74+/m1/s1. The molecule has 0 unspecified atom stereocenters. The molecule has 0 radical (unpaired) electrons. The van der Waals surface area contributed by atoms with Crippen molar-refractivity contribution in [2.24, 2.45) is 23.1 Å². The first-order valence-electron chi connectivity index (χ1n) is 35.6. The van der Waals surface area contributed by atoms with Gasteiger partial charge in [0.1, 0.15) is 89.5 Å². The number of carbonyl (C=O) groups is 8. The van der Waals surface area contributed by atoms with Gasteiger partial charge in [-0.25, -0.2) is 4.79 Å². The van der Waals surface area contributed by atoms with E-state index < -0.39 is 255 Å². The van der Waals surface area contributed by atoms with Gasteiger partial charge in [-0.05, 0) is 131 Å².